The van der Waals surface area contributed by atoms with E-state index >= 15 is 0 Å². The summed E-state index contributed by atoms with van der Waals surface area (Å²) in [5.41, 5.74) is -0.393. The number of rotatable bonds is 2. The molecule has 0 amide bonds. The fourth-order valence-corrected chi connectivity index (χ4v) is 3.76. The molecule has 0 unspecified atom stereocenters. The Balaban J connectivity index is 0.00000128. The van der Waals surface area contributed by atoms with E-state index in [0.29, 0.717) is 10.3 Å². The molecule has 0 saturated carbocycles. The van der Waals surface area contributed by atoms with Crippen molar-refractivity contribution in [3.8, 4) is 0 Å². The minimum absolute atomic E-state index is 0. The number of halogens is 3. The summed E-state index contributed by atoms with van der Waals surface area (Å²) in [6.07, 6.45) is 5.88. The fraction of sp³-hybridized carbons (Fsp3) is 0.273. The summed E-state index contributed by atoms with van der Waals surface area (Å²) >= 11 is -0.735. The Labute approximate surface area is 98.1 Å². The second-order valence-corrected chi connectivity index (χ2v) is 5.78. The predicted molar refractivity (Wildman–Crippen MR) is 50.9 cm³/mol. The van der Waals surface area contributed by atoms with Crippen molar-refractivity contribution in [2.24, 2.45) is 0 Å². The molecule has 0 aromatic heterocycles. The Morgan fingerprint density at radius 3 is 2.60 bits per heavy atom. The molecule has 0 N–H and O–H groups in total. The van der Waals surface area contributed by atoms with E-state index in [4.69, 9.17) is 0 Å². The first-order valence-corrected chi connectivity index (χ1v) is 6.23. The Morgan fingerprint density at radius 2 is 2.00 bits per heavy atom. The maximum atomic E-state index is 12.6. The molecule has 0 atom stereocenters. The van der Waals surface area contributed by atoms with E-state index in [2.05, 4.69) is 0 Å². The molecule has 82 valence electrons. The Bertz CT molecular complexity index is 392. The first kappa shape index (κ1) is 11.0. The summed E-state index contributed by atoms with van der Waals surface area (Å²) in [4.78, 5) is 0. The van der Waals surface area contributed by atoms with Gasteiger partial charge in [-0.2, -0.15) is 0 Å². The third-order valence-electron chi connectivity index (χ3n) is 2.32. The molecule has 0 saturated heterocycles. The second kappa shape index (κ2) is 4.15. The summed E-state index contributed by atoms with van der Waals surface area (Å²) in [5, 5.41) is 0. The molecule has 2 rings (SSSR count). The van der Waals surface area contributed by atoms with Gasteiger partial charge in [0.05, 0.1) is 0 Å². The smallest absolute Gasteiger partial charge is 1.00 e. The van der Waals surface area contributed by atoms with E-state index < -0.39 is 30.9 Å². The van der Waals surface area contributed by atoms with Crippen LogP contribution in [0, 0.1) is 0 Å². The maximum Gasteiger partial charge on any atom is -1.00 e. The van der Waals surface area contributed by atoms with Crippen LogP contribution in [0.5, 0.6) is 0 Å². The Morgan fingerprint density at radius 1 is 1.20 bits per heavy atom. The van der Waals surface area contributed by atoms with Gasteiger partial charge in [-0.05, 0) is 0 Å². The van der Waals surface area contributed by atoms with Gasteiger partial charge < -0.3 is 2.85 Å². The van der Waals surface area contributed by atoms with Crippen molar-refractivity contribution in [2.75, 3.05) is 0 Å². The number of allylic oxidation sites excluding steroid dienone is 8. The standard InChI is InChI=1S/C6H4F3.C5H5.Ti.2H/c7-6(8,9)5-3-1-2-4-5;1-2-4-5-3-1;;;/h1,3H,2H2;1-3H,4H2;;;/q;;;2*-1. The van der Waals surface area contributed by atoms with Crippen LogP contribution in [-0.4, -0.2) is 6.18 Å². The molecule has 15 heavy (non-hydrogen) atoms. The van der Waals surface area contributed by atoms with Crippen LogP contribution in [0.15, 0.2) is 43.7 Å². The zero-order chi connectivity index (χ0) is 10.9. The zero-order valence-corrected chi connectivity index (χ0v) is 9.50. The zero-order valence-electron chi connectivity index (χ0n) is 9.93. The molecule has 2 aliphatic rings. The number of alkyl halides is 3. The summed E-state index contributed by atoms with van der Waals surface area (Å²) in [7, 11) is 0. The van der Waals surface area contributed by atoms with Crippen LogP contribution < -0.4 is 0 Å². The van der Waals surface area contributed by atoms with Crippen LogP contribution in [0.3, 0.4) is 0 Å². The van der Waals surface area contributed by atoms with E-state index in [-0.39, 0.29) is 2.85 Å². The monoisotopic (exact) mass is 248 g/mol. The van der Waals surface area contributed by atoms with E-state index in [9.17, 15) is 13.2 Å². The summed E-state index contributed by atoms with van der Waals surface area (Å²) in [6, 6.07) is 0. The van der Waals surface area contributed by atoms with Crippen LogP contribution in [0.25, 0.3) is 0 Å². The van der Waals surface area contributed by atoms with Crippen molar-refractivity contribution >= 4 is 0 Å². The molecule has 0 aromatic carbocycles. The van der Waals surface area contributed by atoms with E-state index in [1.165, 1.54) is 9.95 Å². The van der Waals surface area contributed by atoms with Gasteiger partial charge >= 0.3 is 95.1 Å². The van der Waals surface area contributed by atoms with Crippen molar-refractivity contribution in [3.63, 3.8) is 0 Å². The third kappa shape index (κ3) is 2.53. The van der Waals surface area contributed by atoms with Crippen molar-refractivity contribution < 1.29 is 35.2 Å². The first-order chi connectivity index (χ1) is 7.07. The topological polar surface area (TPSA) is 0 Å². The van der Waals surface area contributed by atoms with E-state index in [0.717, 1.165) is 6.42 Å². The van der Waals surface area contributed by atoms with Gasteiger partial charge in [0.1, 0.15) is 0 Å². The molecular weight excluding hydrogens is 237 g/mol. The molecule has 0 spiro atoms. The Kier molecular flexibility index (Phi) is 3.03. The van der Waals surface area contributed by atoms with Crippen molar-refractivity contribution in [1.82, 2.24) is 0 Å². The molecule has 0 fully saturated rings. The normalized spacial score (nSPS) is 20.1. The van der Waals surface area contributed by atoms with Gasteiger partial charge in [-0.15, -0.1) is 0 Å². The van der Waals surface area contributed by atoms with E-state index in [1.807, 2.05) is 18.2 Å². The van der Waals surface area contributed by atoms with Crippen molar-refractivity contribution in [2.45, 2.75) is 19.0 Å². The van der Waals surface area contributed by atoms with Gasteiger partial charge in [-0.25, -0.2) is 0 Å². The Hall–Kier alpha value is -0.536. The molecule has 0 heterocycles. The minimum atomic E-state index is -4.17. The molecular formula is C11H11F3Ti-2. The molecule has 4 heteroatoms. The van der Waals surface area contributed by atoms with Gasteiger partial charge in [0.15, 0.2) is 0 Å². The quantitative estimate of drug-likeness (QED) is 0.650. The van der Waals surface area contributed by atoms with Gasteiger partial charge in [-0.1, -0.05) is 0 Å². The molecule has 2 aliphatic carbocycles. The molecule has 0 aromatic rings. The van der Waals surface area contributed by atoms with E-state index in [1.54, 1.807) is 6.08 Å². The van der Waals surface area contributed by atoms with Crippen LogP contribution in [0.4, 0.5) is 13.2 Å². The number of hydrogen-bond acceptors (Lipinski definition) is 0. The second-order valence-electron chi connectivity index (χ2n) is 3.45. The van der Waals surface area contributed by atoms with Crippen molar-refractivity contribution in [3.05, 3.63) is 43.7 Å². The van der Waals surface area contributed by atoms with Gasteiger partial charge in [0, 0.05) is 0 Å². The summed E-state index contributed by atoms with van der Waals surface area (Å²) in [6.45, 7) is 0. The van der Waals surface area contributed by atoms with Crippen LogP contribution in [-0.2, 0) is 19.2 Å². The van der Waals surface area contributed by atoms with Crippen LogP contribution in [0.2, 0.25) is 0 Å². The number of hydrogen-bond donors (Lipinski definition) is 0. The average molecular weight is 248 g/mol. The fourth-order valence-electron chi connectivity index (χ4n) is 1.62. The average Bonchev–Trinajstić information content (AvgIpc) is 2.73. The predicted octanol–water partition coefficient (Wildman–Crippen LogP) is 3.91. The third-order valence-corrected chi connectivity index (χ3v) is 4.61. The van der Waals surface area contributed by atoms with Crippen LogP contribution >= 0.6 is 0 Å². The van der Waals surface area contributed by atoms with Crippen molar-refractivity contribution in [1.29, 1.82) is 0 Å². The molecule has 0 nitrogen and oxygen atoms in total. The molecule has 0 bridgehead atoms. The largest absolute Gasteiger partial charge is 1.00 e. The van der Waals surface area contributed by atoms with Gasteiger partial charge in [-0.3, -0.25) is 0 Å². The van der Waals surface area contributed by atoms with Gasteiger partial charge in [0.2, 0.25) is 0 Å². The van der Waals surface area contributed by atoms with Gasteiger partial charge in [0.25, 0.3) is 0 Å². The summed E-state index contributed by atoms with van der Waals surface area (Å²) in [5.74, 6) is 0. The maximum absolute atomic E-state index is 12.6. The summed E-state index contributed by atoms with van der Waals surface area (Å²) < 4.78 is 39.5. The molecule has 0 radical (unpaired) electrons. The molecule has 0 aliphatic heterocycles. The van der Waals surface area contributed by atoms with Crippen LogP contribution in [0.1, 0.15) is 15.7 Å². The first-order valence-electron chi connectivity index (χ1n) is 4.67. The minimum Gasteiger partial charge on any atom is -1.00 e. The SMILES string of the molecule is FC(F)(F)C1=[C]([Ti][C]2=CC=CC2)CC=C1.[H-].[H-].